The van der Waals surface area contributed by atoms with Gasteiger partial charge in [-0.1, -0.05) is 19.3 Å². The minimum absolute atomic E-state index is 0.0995. The zero-order chi connectivity index (χ0) is 8.32. The fourth-order valence-corrected chi connectivity index (χ4v) is 1.85. The van der Waals surface area contributed by atoms with Crippen molar-refractivity contribution in [2.75, 3.05) is 6.61 Å². The van der Waals surface area contributed by atoms with Crippen molar-refractivity contribution in [3.63, 3.8) is 0 Å². The lowest BCUT2D eigenvalue weighted by Gasteiger charge is -2.33. The summed E-state index contributed by atoms with van der Waals surface area (Å²) in [5.41, 5.74) is -0.833. The van der Waals surface area contributed by atoms with Crippen LogP contribution < -0.4 is 0 Å². The lowest BCUT2D eigenvalue weighted by Crippen LogP contribution is -2.39. The van der Waals surface area contributed by atoms with Gasteiger partial charge in [0.25, 0.3) is 0 Å². The van der Waals surface area contributed by atoms with Gasteiger partial charge in [0.15, 0.2) is 0 Å². The maximum absolute atomic E-state index is 9.70. The summed E-state index contributed by atoms with van der Waals surface area (Å²) in [6.07, 6.45) is 5.86. The Balaban J connectivity index is 2.43. The Morgan fingerprint density at radius 2 is 1.82 bits per heavy atom. The van der Waals surface area contributed by atoms with Crippen molar-refractivity contribution in [2.24, 2.45) is 5.92 Å². The minimum atomic E-state index is -0.833. The van der Waals surface area contributed by atoms with Crippen molar-refractivity contribution in [1.29, 1.82) is 0 Å². The average Bonchev–Trinajstić information content (AvgIpc) is 2.06. The Morgan fingerprint density at radius 1 is 1.27 bits per heavy atom. The maximum Gasteiger partial charge on any atom is 0.0877 e. The highest BCUT2D eigenvalue weighted by Crippen LogP contribution is 2.31. The van der Waals surface area contributed by atoms with E-state index >= 15 is 0 Å². The molecule has 0 amide bonds. The Hall–Kier alpha value is -0.0800. The van der Waals surface area contributed by atoms with Crippen molar-refractivity contribution >= 4 is 0 Å². The monoisotopic (exact) mass is 158 g/mol. The fraction of sp³-hybridized carbons (Fsp3) is 1.00. The van der Waals surface area contributed by atoms with Gasteiger partial charge in [0.2, 0.25) is 0 Å². The molecular weight excluding hydrogens is 140 g/mol. The molecule has 1 aliphatic carbocycles. The molecule has 1 rings (SSSR count). The van der Waals surface area contributed by atoms with Crippen LogP contribution in [-0.2, 0) is 0 Å². The van der Waals surface area contributed by atoms with Crippen molar-refractivity contribution < 1.29 is 10.2 Å². The van der Waals surface area contributed by atoms with Gasteiger partial charge in [0.05, 0.1) is 12.2 Å². The predicted octanol–water partition coefficient (Wildman–Crippen LogP) is 1.31. The van der Waals surface area contributed by atoms with Crippen LogP contribution in [0, 0.1) is 5.92 Å². The van der Waals surface area contributed by atoms with E-state index in [1.54, 1.807) is 6.92 Å². The molecule has 0 aromatic rings. The van der Waals surface area contributed by atoms with Gasteiger partial charge in [-0.3, -0.25) is 0 Å². The van der Waals surface area contributed by atoms with Gasteiger partial charge in [-0.15, -0.1) is 0 Å². The van der Waals surface area contributed by atoms with Crippen LogP contribution in [0.4, 0.5) is 0 Å². The molecule has 1 aliphatic rings. The molecule has 0 spiro atoms. The maximum atomic E-state index is 9.70. The molecular formula is C9H18O2. The van der Waals surface area contributed by atoms with Crippen molar-refractivity contribution in [2.45, 2.75) is 44.6 Å². The van der Waals surface area contributed by atoms with Crippen LogP contribution in [0.15, 0.2) is 0 Å². The third-order valence-corrected chi connectivity index (χ3v) is 2.80. The number of hydrogen-bond donors (Lipinski definition) is 2. The molecule has 1 fully saturated rings. The standard InChI is InChI=1S/C9H18O2/c1-9(11,7-10)8-5-3-2-4-6-8/h8,10-11H,2-7H2,1H3. The first kappa shape index (κ1) is 9.01. The quantitative estimate of drug-likeness (QED) is 0.636. The van der Waals surface area contributed by atoms with Crippen LogP contribution in [0.3, 0.4) is 0 Å². The normalized spacial score (nSPS) is 26.5. The van der Waals surface area contributed by atoms with E-state index in [9.17, 15) is 5.11 Å². The van der Waals surface area contributed by atoms with E-state index in [-0.39, 0.29) is 6.61 Å². The number of aliphatic hydroxyl groups excluding tert-OH is 1. The molecule has 2 heteroatoms. The second kappa shape index (κ2) is 3.55. The predicted molar refractivity (Wildman–Crippen MR) is 44.3 cm³/mol. The van der Waals surface area contributed by atoms with E-state index in [1.165, 1.54) is 19.3 Å². The molecule has 2 nitrogen and oxygen atoms in total. The third kappa shape index (κ3) is 2.17. The van der Waals surface area contributed by atoms with E-state index < -0.39 is 5.60 Å². The average molecular weight is 158 g/mol. The number of aliphatic hydroxyl groups is 2. The van der Waals surface area contributed by atoms with E-state index in [4.69, 9.17) is 5.11 Å². The Bertz CT molecular complexity index is 115. The molecule has 2 N–H and O–H groups in total. The van der Waals surface area contributed by atoms with Crippen molar-refractivity contribution in [3.05, 3.63) is 0 Å². The van der Waals surface area contributed by atoms with E-state index in [1.807, 2.05) is 0 Å². The van der Waals surface area contributed by atoms with Crippen molar-refractivity contribution in [1.82, 2.24) is 0 Å². The van der Waals surface area contributed by atoms with Crippen LogP contribution >= 0.6 is 0 Å². The van der Waals surface area contributed by atoms with E-state index in [0.29, 0.717) is 5.92 Å². The molecule has 0 aliphatic heterocycles. The zero-order valence-corrected chi connectivity index (χ0v) is 7.21. The summed E-state index contributed by atoms with van der Waals surface area (Å²) in [4.78, 5) is 0. The van der Waals surface area contributed by atoms with Gasteiger partial charge in [0, 0.05) is 0 Å². The second-order valence-corrected chi connectivity index (χ2v) is 3.85. The summed E-state index contributed by atoms with van der Waals surface area (Å²) in [7, 11) is 0. The molecule has 1 atom stereocenters. The van der Waals surface area contributed by atoms with E-state index in [2.05, 4.69) is 0 Å². The second-order valence-electron chi connectivity index (χ2n) is 3.85. The third-order valence-electron chi connectivity index (χ3n) is 2.80. The summed E-state index contributed by atoms with van der Waals surface area (Å²) < 4.78 is 0. The summed E-state index contributed by atoms with van der Waals surface area (Å²) >= 11 is 0. The summed E-state index contributed by atoms with van der Waals surface area (Å²) in [6, 6.07) is 0. The molecule has 0 radical (unpaired) electrons. The van der Waals surface area contributed by atoms with Gasteiger partial charge in [-0.05, 0) is 25.7 Å². The highest BCUT2D eigenvalue weighted by Gasteiger charge is 2.31. The van der Waals surface area contributed by atoms with Crippen LogP contribution in [0.5, 0.6) is 0 Å². The van der Waals surface area contributed by atoms with Crippen molar-refractivity contribution in [3.8, 4) is 0 Å². The van der Waals surface area contributed by atoms with Gasteiger partial charge >= 0.3 is 0 Å². The molecule has 11 heavy (non-hydrogen) atoms. The first-order valence-corrected chi connectivity index (χ1v) is 4.50. The van der Waals surface area contributed by atoms with Crippen LogP contribution in [0.1, 0.15) is 39.0 Å². The van der Waals surface area contributed by atoms with Gasteiger partial charge in [-0.2, -0.15) is 0 Å². The molecule has 0 aromatic carbocycles. The summed E-state index contributed by atoms with van der Waals surface area (Å²) in [5.74, 6) is 0.321. The van der Waals surface area contributed by atoms with E-state index in [0.717, 1.165) is 12.8 Å². The topological polar surface area (TPSA) is 40.5 Å². The first-order valence-electron chi connectivity index (χ1n) is 4.50. The Labute approximate surface area is 68.2 Å². The molecule has 66 valence electrons. The van der Waals surface area contributed by atoms with Gasteiger partial charge < -0.3 is 10.2 Å². The van der Waals surface area contributed by atoms with Crippen LogP contribution in [0.25, 0.3) is 0 Å². The summed E-state index contributed by atoms with van der Waals surface area (Å²) in [5, 5.41) is 18.6. The lowest BCUT2D eigenvalue weighted by molar-refractivity contribution is -0.0577. The van der Waals surface area contributed by atoms with Gasteiger partial charge in [0.1, 0.15) is 0 Å². The van der Waals surface area contributed by atoms with Gasteiger partial charge in [-0.25, -0.2) is 0 Å². The smallest absolute Gasteiger partial charge is 0.0877 e. The molecule has 1 unspecified atom stereocenters. The number of hydrogen-bond acceptors (Lipinski definition) is 2. The number of rotatable bonds is 2. The van der Waals surface area contributed by atoms with Crippen LogP contribution in [-0.4, -0.2) is 22.4 Å². The Kier molecular flexibility index (Phi) is 2.90. The molecule has 1 saturated carbocycles. The molecule has 0 saturated heterocycles. The highest BCUT2D eigenvalue weighted by molar-refractivity contribution is 4.83. The lowest BCUT2D eigenvalue weighted by atomic mass is 9.78. The first-order chi connectivity index (χ1) is 5.17. The summed E-state index contributed by atoms with van der Waals surface area (Å²) in [6.45, 7) is 1.64. The Morgan fingerprint density at radius 3 is 2.27 bits per heavy atom. The highest BCUT2D eigenvalue weighted by atomic mass is 16.3. The largest absolute Gasteiger partial charge is 0.393 e. The SMILES string of the molecule is CC(O)(CO)C1CCCCC1. The minimum Gasteiger partial charge on any atom is -0.393 e. The zero-order valence-electron chi connectivity index (χ0n) is 7.21. The molecule has 0 aromatic heterocycles. The fourth-order valence-electron chi connectivity index (χ4n) is 1.85. The molecule has 0 heterocycles. The molecule has 0 bridgehead atoms. The van der Waals surface area contributed by atoms with Crippen LogP contribution in [0.2, 0.25) is 0 Å².